The third kappa shape index (κ3) is 3.22. The van der Waals surface area contributed by atoms with E-state index in [9.17, 15) is 0 Å². The molecule has 1 aromatic heterocycles. The molecule has 0 spiro atoms. The zero-order chi connectivity index (χ0) is 12.4. The molecule has 1 fully saturated rings. The van der Waals surface area contributed by atoms with Gasteiger partial charge in [-0.15, -0.1) is 0 Å². The molecule has 1 aliphatic heterocycles. The Morgan fingerprint density at radius 2 is 2.29 bits per heavy atom. The summed E-state index contributed by atoms with van der Waals surface area (Å²) in [5.41, 5.74) is 0. The number of hydrogen-bond acceptors (Lipinski definition) is 3. The van der Waals surface area contributed by atoms with Gasteiger partial charge in [-0.1, -0.05) is 15.9 Å². The Balaban J connectivity index is 2.24. The van der Waals surface area contributed by atoms with Gasteiger partial charge in [-0.25, -0.2) is 4.98 Å². The lowest BCUT2D eigenvalue weighted by atomic mass is 10.2. The van der Waals surface area contributed by atoms with Crippen molar-refractivity contribution in [3.8, 4) is 0 Å². The molecular weight excluding hydrogens is 416 g/mol. The summed E-state index contributed by atoms with van der Waals surface area (Å²) in [6, 6.07) is 2.36. The number of alkyl halides is 1. The first-order chi connectivity index (χ1) is 8.11. The highest BCUT2D eigenvalue weighted by molar-refractivity contribution is 9.11. The molecule has 0 aromatic carbocycles. The van der Waals surface area contributed by atoms with Gasteiger partial charge in [0.15, 0.2) is 0 Å². The number of rotatable bonds is 2. The van der Waals surface area contributed by atoms with Gasteiger partial charge in [-0.05, 0) is 44.8 Å². The number of pyridine rings is 1. The Morgan fingerprint density at radius 3 is 2.94 bits per heavy atom. The summed E-state index contributed by atoms with van der Waals surface area (Å²) < 4.78 is 7.70. The zero-order valence-electron chi connectivity index (χ0n) is 9.37. The second kappa shape index (κ2) is 5.99. The molecule has 2 atom stereocenters. The summed E-state index contributed by atoms with van der Waals surface area (Å²) in [7, 11) is 0. The van der Waals surface area contributed by atoms with Crippen molar-refractivity contribution in [2.45, 2.75) is 19.1 Å². The van der Waals surface area contributed by atoms with Crippen molar-refractivity contribution in [3.05, 3.63) is 21.2 Å². The minimum absolute atomic E-state index is 0.226. The van der Waals surface area contributed by atoms with Crippen LogP contribution in [0.1, 0.15) is 6.92 Å². The van der Waals surface area contributed by atoms with E-state index in [2.05, 4.69) is 64.6 Å². The number of halogens is 3. The zero-order valence-corrected chi connectivity index (χ0v) is 14.1. The lowest BCUT2D eigenvalue weighted by Gasteiger charge is -2.38. The predicted octanol–water partition coefficient (Wildman–Crippen LogP) is 3.60. The molecule has 3 nitrogen and oxygen atoms in total. The van der Waals surface area contributed by atoms with Crippen LogP contribution in [0.5, 0.6) is 0 Å². The first kappa shape index (κ1) is 13.8. The summed E-state index contributed by atoms with van der Waals surface area (Å²) in [6.45, 7) is 3.75. The van der Waals surface area contributed by atoms with Crippen molar-refractivity contribution >= 4 is 53.6 Å². The Hall–Kier alpha value is 0.350. The molecule has 2 heterocycles. The molecule has 6 heteroatoms. The molecule has 17 heavy (non-hydrogen) atoms. The third-order valence-corrected chi connectivity index (χ3v) is 4.48. The average Bonchev–Trinajstić information content (AvgIpc) is 2.30. The molecule has 1 saturated heterocycles. The van der Waals surface area contributed by atoms with Crippen LogP contribution in [0.3, 0.4) is 0 Å². The largest absolute Gasteiger partial charge is 0.373 e. The molecule has 0 aliphatic carbocycles. The topological polar surface area (TPSA) is 25.4 Å². The van der Waals surface area contributed by atoms with Crippen molar-refractivity contribution in [1.82, 2.24) is 4.98 Å². The van der Waals surface area contributed by atoms with Gasteiger partial charge in [0.1, 0.15) is 5.82 Å². The van der Waals surface area contributed by atoms with Gasteiger partial charge in [0.25, 0.3) is 0 Å². The fraction of sp³-hybridized carbons (Fsp3) is 0.545. The molecule has 0 amide bonds. The van der Waals surface area contributed by atoms with Crippen LogP contribution in [-0.4, -0.2) is 35.6 Å². The van der Waals surface area contributed by atoms with Crippen LogP contribution >= 0.6 is 47.8 Å². The van der Waals surface area contributed by atoms with Gasteiger partial charge in [0, 0.05) is 22.5 Å². The summed E-state index contributed by atoms with van der Waals surface area (Å²) >= 11 is 10.5. The van der Waals surface area contributed by atoms with Crippen molar-refractivity contribution in [2.24, 2.45) is 0 Å². The highest BCUT2D eigenvalue weighted by Crippen LogP contribution is 2.30. The van der Waals surface area contributed by atoms with Crippen molar-refractivity contribution in [3.63, 3.8) is 0 Å². The Labute approximate surface area is 126 Å². The molecule has 0 bridgehead atoms. The molecule has 0 saturated carbocycles. The van der Waals surface area contributed by atoms with Crippen LogP contribution in [0.2, 0.25) is 0 Å². The van der Waals surface area contributed by atoms with E-state index in [1.807, 2.05) is 12.3 Å². The molecule has 94 valence electrons. The lowest BCUT2D eigenvalue weighted by molar-refractivity contribution is 0.0376. The van der Waals surface area contributed by atoms with E-state index in [-0.39, 0.29) is 6.10 Å². The standard InChI is InChI=1S/C11H13Br3N2O/c1-7-6-17-9(3-12)5-16(7)11-10(14)2-8(13)4-15-11/h2,4,7,9H,3,5-6H2,1H3. The van der Waals surface area contributed by atoms with E-state index in [1.54, 1.807) is 0 Å². The van der Waals surface area contributed by atoms with E-state index in [0.29, 0.717) is 6.04 Å². The van der Waals surface area contributed by atoms with Gasteiger partial charge in [0.2, 0.25) is 0 Å². The van der Waals surface area contributed by atoms with Gasteiger partial charge in [-0.2, -0.15) is 0 Å². The SMILES string of the molecule is CC1COC(CBr)CN1c1ncc(Br)cc1Br. The molecule has 2 rings (SSSR count). The van der Waals surface area contributed by atoms with Crippen LogP contribution in [0.25, 0.3) is 0 Å². The minimum atomic E-state index is 0.226. The first-order valence-electron chi connectivity index (χ1n) is 5.37. The highest BCUT2D eigenvalue weighted by atomic mass is 79.9. The summed E-state index contributed by atoms with van der Waals surface area (Å²) in [4.78, 5) is 6.77. The molecule has 1 aliphatic rings. The fourth-order valence-corrected chi connectivity index (χ4v) is 3.43. The maximum absolute atomic E-state index is 5.71. The highest BCUT2D eigenvalue weighted by Gasteiger charge is 2.27. The smallest absolute Gasteiger partial charge is 0.143 e. The van der Waals surface area contributed by atoms with Crippen LogP contribution in [0, 0.1) is 0 Å². The number of ether oxygens (including phenoxy) is 1. The number of hydrogen-bond donors (Lipinski definition) is 0. The quantitative estimate of drug-likeness (QED) is 0.673. The number of morpholine rings is 1. The number of nitrogens with zero attached hydrogens (tertiary/aromatic N) is 2. The second-order valence-corrected chi connectivity index (χ2v) is 6.49. The average molecular weight is 429 g/mol. The summed E-state index contributed by atoms with van der Waals surface area (Å²) in [5, 5.41) is 0.852. The van der Waals surface area contributed by atoms with E-state index in [4.69, 9.17) is 4.74 Å². The Kier molecular flexibility index (Phi) is 4.86. The van der Waals surface area contributed by atoms with Crippen molar-refractivity contribution < 1.29 is 4.74 Å². The summed E-state index contributed by atoms with van der Waals surface area (Å²) in [5.74, 6) is 0.981. The fourth-order valence-electron chi connectivity index (χ4n) is 1.82. The molecule has 0 N–H and O–H groups in total. The van der Waals surface area contributed by atoms with Crippen LogP contribution in [-0.2, 0) is 4.74 Å². The van der Waals surface area contributed by atoms with Crippen molar-refractivity contribution in [1.29, 1.82) is 0 Å². The lowest BCUT2D eigenvalue weighted by Crippen LogP contribution is -2.49. The van der Waals surface area contributed by atoms with E-state index in [1.165, 1.54) is 0 Å². The normalized spacial score (nSPS) is 25.1. The van der Waals surface area contributed by atoms with E-state index >= 15 is 0 Å². The van der Waals surface area contributed by atoms with E-state index < -0.39 is 0 Å². The predicted molar refractivity (Wildman–Crippen MR) is 80.0 cm³/mol. The Morgan fingerprint density at radius 1 is 1.53 bits per heavy atom. The first-order valence-corrected chi connectivity index (χ1v) is 8.08. The molecule has 0 radical (unpaired) electrons. The summed E-state index contributed by atoms with van der Waals surface area (Å²) in [6.07, 6.45) is 2.05. The van der Waals surface area contributed by atoms with Gasteiger partial charge in [0.05, 0.1) is 23.2 Å². The monoisotopic (exact) mass is 426 g/mol. The minimum Gasteiger partial charge on any atom is -0.373 e. The van der Waals surface area contributed by atoms with Crippen LogP contribution in [0.15, 0.2) is 21.2 Å². The maximum Gasteiger partial charge on any atom is 0.143 e. The maximum atomic E-state index is 5.71. The number of aromatic nitrogens is 1. The second-order valence-electron chi connectivity index (χ2n) is 4.07. The van der Waals surface area contributed by atoms with Gasteiger partial charge in [-0.3, -0.25) is 0 Å². The molecular formula is C11H13Br3N2O. The van der Waals surface area contributed by atoms with Crippen molar-refractivity contribution in [2.75, 3.05) is 23.4 Å². The molecule has 2 unspecified atom stereocenters. The molecule has 1 aromatic rings. The number of anilines is 1. The van der Waals surface area contributed by atoms with Crippen LogP contribution in [0.4, 0.5) is 5.82 Å². The van der Waals surface area contributed by atoms with E-state index in [0.717, 1.165) is 33.2 Å². The van der Waals surface area contributed by atoms with Gasteiger partial charge >= 0.3 is 0 Å². The van der Waals surface area contributed by atoms with Gasteiger partial charge < -0.3 is 9.64 Å². The van der Waals surface area contributed by atoms with Crippen LogP contribution < -0.4 is 4.90 Å². The third-order valence-electron chi connectivity index (χ3n) is 2.74. The Bertz CT molecular complexity index is 402.